The van der Waals surface area contributed by atoms with E-state index in [1.807, 2.05) is 0 Å². The van der Waals surface area contributed by atoms with Crippen LogP contribution in [-0.2, 0) is 9.63 Å². The zero-order valence-corrected chi connectivity index (χ0v) is 16.9. The summed E-state index contributed by atoms with van der Waals surface area (Å²) in [4.78, 5) is 18.3. The van der Waals surface area contributed by atoms with Gasteiger partial charge in [-0.1, -0.05) is 31.2 Å². The number of carbonyl (C=O) groups is 1. The lowest BCUT2D eigenvalue weighted by Crippen LogP contribution is -2.54. The van der Waals surface area contributed by atoms with E-state index in [4.69, 9.17) is 4.84 Å². The second kappa shape index (κ2) is 6.17. The van der Waals surface area contributed by atoms with Crippen LogP contribution in [0.5, 0.6) is 0 Å². The van der Waals surface area contributed by atoms with Crippen LogP contribution in [0.1, 0.15) is 65.2 Å². The molecule has 1 heterocycles. The van der Waals surface area contributed by atoms with E-state index < -0.39 is 0 Å². The van der Waals surface area contributed by atoms with Crippen LogP contribution in [0.4, 0.5) is 0 Å². The minimum Gasteiger partial charge on any atom is -0.390 e. The van der Waals surface area contributed by atoms with E-state index >= 15 is 0 Å². The molecule has 1 N–H and O–H groups in total. The van der Waals surface area contributed by atoms with E-state index in [-0.39, 0.29) is 11.5 Å². The van der Waals surface area contributed by atoms with Crippen LogP contribution in [0.3, 0.4) is 0 Å². The zero-order valence-electron chi connectivity index (χ0n) is 16.9. The number of oxime groups is 1. The molecule has 0 radical (unpaired) electrons. The molecule has 0 aromatic carbocycles. The molecule has 0 bridgehead atoms. The first-order valence-corrected chi connectivity index (χ1v) is 11.0. The molecule has 0 spiro atoms. The standard InChI is InChI=1S/C23H34N2O2/c1-14-10-17-18-4-5-21(26)23(18,3)9-7-19(17)22(2)8-6-15(11-20(14)22)25-27-16-12-24-13-16/h16-20,24H,1,4-13H2,2-3H3/t17-,18-,19-,20+,22+,23-/m0/s1. The Morgan fingerprint density at radius 3 is 2.67 bits per heavy atom. The van der Waals surface area contributed by atoms with E-state index in [1.165, 1.54) is 24.1 Å². The summed E-state index contributed by atoms with van der Waals surface area (Å²) < 4.78 is 0. The number of Topliss-reactive ketones (excluding diaryl/α,β-unsaturated/α-hetero) is 1. The predicted octanol–water partition coefficient (Wildman–Crippen LogP) is 4.11. The Labute approximate surface area is 163 Å². The van der Waals surface area contributed by atoms with E-state index in [1.54, 1.807) is 0 Å². The van der Waals surface area contributed by atoms with Gasteiger partial charge in [0.15, 0.2) is 6.10 Å². The molecule has 27 heavy (non-hydrogen) atoms. The summed E-state index contributed by atoms with van der Waals surface area (Å²) in [6.45, 7) is 11.2. The summed E-state index contributed by atoms with van der Waals surface area (Å²) in [6.07, 6.45) is 8.91. The Morgan fingerprint density at radius 2 is 1.93 bits per heavy atom. The fourth-order valence-corrected chi connectivity index (χ4v) is 7.39. The van der Waals surface area contributed by atoms with Gasteiger partial charge in [0, 0.05) is 24.9 Å². The summed E-state index contributed by atoms with van der Waals surface area (Å²) in [6, 6.07) is 0. The predicted molar refractivity (Wildman–Crippen MR) is 106 cm³/mol. The van der Waals surface area contributed by atoms with E-state index in [0.717, 1.165) is 57.5 Å². The molecular weight excluding hydrogens is 336 g/mol. The number of rotatable bonds is 2. The third kappa shape index (κ3) is 2.58. The molecule has 6 atom stereocenters. The summed E-state index contributed by atoms with van der Waals surface area (Å²) in [5.41, 5.74) is 2.93. The Morgan fingerprint density at radius 1 is 1.11 bits per heavy atom. The average Bonchev–Trinajstić information content (AvgIpc) is 2.90. The number of hydrogen-bond acceptors (Lipinski definition) is 4. The average molecular weight is 371 g/mol. The van der Waals surface area contributed by atoms with Gasteiger partial charge in [-0.05, 0) is 74.0 Å². The van der Waals surface area contributed by atoms with Gasteiger partial charge in [0.25, 0.3) is 0 Å². The van der Waals surface area contributed by atoms with Crippen molar-refractivity contribution < 1.29 is 9.63 Å². The molecule has 1 aliphatic heterocycles. The van der Waals surface area contributed by atoms with Crippen molar-refractivity contribution in [3.8, 4) is 0 Å². The SMILES string of the molecule is C=C1C[C@@H]2[C@H](CC[C@]3(C)C(=O)CC[C@@H]23)[C@@]2(C)CCC(=NOC3CNC3)C[C@H]12. The van der Waals surface area contributed by atoms with Gasteiger partial charge in [0.1, 0.15) is 5.78 Å². The van der Waals surface area contributed by atoms with Gasteiger partial charge in [-0.25, -0.2) is 0 Å². The van der Waals surface area contributed by atoms with Gasteiger partial charge in [-0.2, -0.15) is 0 Å². The molecule has 4 heteroatoms. The second-order valence-electron chi connectivity index (χ2n) is 10.5. The summed E-state index contributed by atoms with van der Waals surface area (Å²) in [5.74, 6) is 3.07. The van der Waals surface area contributed by atoms with Crippen molar-refractivity contribution in [1.29, 1.82) is 0 Å². The Balaban J connectivity index is 1.37. The highest BCUT2D eigenvalue weighted by molar-refractivity contribution is 5.87. The summed E-state index contributed by atoms with van der Waals surface area (Å²) in [5, 5.41) is 7.76. The van der Waals surface area contributed by atoms with Crippen LogP contribution < -0.4 is 5.32 Å². The van der Waals surface area contributed by atoms with Crippen LogP contribution >= 0.6 is 0 Å². The Bertz CT molecular complexity index is 696. The van der Waals surface area contributed by atoms with Crippen LogP contribution in [0.25, 0.3) is 0 Å². The van der Waals surface area contributed by atoms with E-state index in [2.05, 4.69) is 30.9 Å². The molecule has 5 aliphatic rings. The molecule has 0 amide bonds. The first-order chi connectivity index (χ1) is 12.9. The van der Waals surface area contributed by atoms with Crippen molar-refractivity contribution in [3.05, 3.63) is 12.2 Å². The highest BCUT2D eigenvalue weighted by Crippen LogP contribution is 2.66. The van der Waals surface area contributed by atoms with Crippen LogP contribution in [-0.4, -0.2) is 30.7 Å². The third-order valence-electron chi connectivity index (χ3n) is 9.25. The largest absolute Gasteiger partial charge is 0.390 e. The van der Waals surface area contributed by atoms with Crippen LogP contribution in [0, 0.1) is 34.5 Å². The highest BCUT2D eigenvalue weighted by atomic mass is 16.6. The molecule has 0 aromatic rings. The number of hydrogen-bond donors (Lipinski definition) is 1. The monoisotopic (exact) mass is 370 g/mol. The van der Waals surface area contributed by atoms with Crippen LogP contribution in [0.15, 0.2) is 17.3 Å². The van der Waals surface area contributed by atoms with E-state index in [9.17, 15) is 4.79 Å². The normalized spacial score (nSPS) is 48.6. The quantitative estimate of drug-likeness (QED) is 0.588. The molecule has 148 valence electrons. The van der Waals surface area contributed by atoms with Gasteiger partial charge in [-0.15, -0.1) is 0 Å². The van der Waals surface area contributed by atoms with Gasteiger partial charge in [0.2, 0.25) is 0 Å². The Hall–Kier alpha value is -1.16. The molecule has 0 unspecified atom stereocenters. The smallest absolute Gasteiger partial charge is 0.152 e. The first-order valence-electron chi connectivity index (χ1n) is 11.0. The van der Waals surface area contributed by atoms with Crippen molar-refractivity contribution in [3.63, 3.8) is 0 Å². The molecule has 4 nitrogen and oxygen atoms in total. The first kappa shape index (κ1) is 17.9. The molecule has 5 fully saturated rings. The van der Waals surface area contributed by atoms with Crippen molar-refractivity contribution in [2.24, 2.45) is 39.7 Å². The molecular formula is C23H34N2O2. The number of nitrogens with one attached hydrogen (secondary N) is 1. The van der Waals surface area contributed by atoms with Gasteiger partial charge < -0.3 is 10.2 Å². The third-order valence-corrected chi connectivity index (χ3v) is 9.25. The van der Waals surface area contributed by atoms with Crippen molar-refractivity contribution in [2.45, 2.75) is 71.3 Å². The number of fused-ring (bicyclic) bond motifs is 5. The van der Waals surface area contributed by atoms with Gasteiger partial charge in [0.05, 0.1) is 5.71 Å². The molecule has 0 aromatic heterocycles. The Kier molecular flexibility index (Phi) is 4.09. The maximum absolute atomic E-state index is 12.6. The maximum atomic E-state index is 12.6. The minimum absolute atomic E-state index is 0.0451. The fourth-order valence-electron chi connectivity index (χ4n) is 7.39. The van der Waals surface area contributed by atoms with Gasteiger partial charge in [-0.3, -0.25) is 4.79 Å². The second-order valence-corrected chi connectivity index (χ2v) is 10.5. The number of ketones is 1. The van der Waals surface area contributed by atoms with Gasteiger partial charge >= 0.3 is 0 Å². The highest BCUT2D eigenvalue weighted by Gasteiger charge is 2.60. The zero-order chi connectivity index (χ0) is 18.8. The lowest BCUT2D eigenvalue weighted by Gasteiger charge is -2.60. The molecule has 5 rings (SSSR count). The van der Waals surface area contributed by atoms with Crippen LogP contribution in [0.2, 0.25) is 0 Å². The minimum atomic E-state index is -0.0451. The topological polar surface area (TPSA) is 50.7 Å². The molecule has 1 saturated heterocycles. The van der Waals surface area contributed by atoms with Crippen molar-refractivity contribution >= 4 is 11.5 Å². The lowest BCUT2D eigenvalue weighted by molar-refractivity contribution is -0.134. The number of nitrogens with zero attached hydrogens (tertiary/aromatic N) is 1. The van der Waals surface area contributed by atoms with Crippen molar-refractivity contribution in [2.75, 3.05) is 13.1 Å². The summed E-state index contributed by atoms with van der Waals surface area (Å²) >= 11 is 0. The molecule has 4 aliphatic carbocycles. The number of carbonyl (C=O) groups excluding carboxylic acids is 1. The molecule has 4 saturated carbocycles. The van der Waals surface area contributed by atoms with E-state index in [0.29, 0.717) is 29.0 Å². The van der Waals surface area contributed by atoms with Crippen molar-refractivity contribution in [1.82, 2.24) is 5.32 Å². The summed E-state index contributed by atoms with van der Waals surface area (Å²) in [7, 11) is 0. The fraction of sp³-hybridized carbons (Fsp3) is 0.826. The lowest BCUT2D eigenvalue weighted by atomic mass is 9.44. The number of allylic oxidation sites excluding steroid dienone is 1. The maximum Gasteiger partial charge on any atom is 0.152 e.